The van der Waals surface area contributed by atoms with Gasteiger partial charge in [-0.1, -0.05) is 13.2 Å². The van der Waals surface area contributed by atoms with Crippen molar-refractivity contribution in [3.05, 3.63) is 25.3 Å². The van der Waals surface area contributed by atoms with E-state index in [0.717, 1.165) is 12.2 Å². The molecule has 0 unspecified atom stereocenters. The highest BCUT2D eigenvalue weighted by Crippen LogP contribution is 2.37. The van der Waals surface area contributed by atoms with Crippen molar-refractivity contribution in [2.45, 2.75) is 46.7 Å². The highest BCUT2D eigenvalue weighted by atomic mass is 16.9. The second-order valence-electron chi connectivity index (χ2n) is 5.22. The van der Waals surface area contributed by atoms with E-state index < -0.39 is 23.3 Å². The molecule has 0 saturated carbocycles. The van der Waals surface area contributed by atoms with E-state index in [2.05, 4.69) is 13.2 Å². The van der Waals surface area contributed by atoms with Crippen LogP contribution in [0.3, 0.4) is 0 Å². The van der Waals surface area contributed by atoms with E-state index in [0.29, 0.717) is 0 Å². The molecule has 5 heteroatoms. The predicted molar refractivity (Wildman–Crippen MR) is 71.0 cm³/mol. The minimum atomic E-state index is -1.84. The number of rotatable bonds is 6. The Labute approximate surface area is 114 Å². The lowest BCUT2D eigenvalue weighted by molar-refractivity contribution is -0.394. The molecule has 0 atom stereocenters. The first-order valence-corrected chi connectivity index (χ1v) is 5.96. The van der Waals surface area contributed by atoms with Gasteiger partial charge in [-0.05, 0) is 34.6 Å². The maximum Gasteiger partial charge on any atom is 0.381 e. The second kappa shape index (κ2) is 6.52. The first-order valence-electron chi connectivity index (χ1n) is 5.96. The molecule has 0 N–H and O–H groups in total. The van der Waals surface area contributed by atoms with E-state index in [1.807, 2.05) is 0 Å². The van der Waals surface area contributed by atoms with Crippen LogP contribution in [0.1, 0.15) is 34.6 Å². The average Bonchev–Trinajstić information content (AvgIpc) is 2.25. The van der Waals surface area contributed by atoms with E-state index in [-0.39, 0.29) is 6.10 Å². The van der Waals surface area contributed by atoms with Gasteiger partial charge in [-0.2, -0.15) is 0 Å². The van der Waals surface area contributed by atoms with Crippen LogP contribution in [0.5, 0.6) is 0 Å². The van der Waals surface area contributed by atoms with Crippen LogP contribution in [0.2, 0.25) is 0 Å². The van der Waals surface area contributed by atoms with Gasteiger partial charge in [0.05, 0.1) is 11.5 Å². The van der Waals surface area contributed by atoms with Gasteiger partial charge in [-0.15, -0.1) is 0 Å². The van der Waals surface area contributed by atoms with Gasteiger partial charge < -0.3 is 14.2 Å². The summed E-state index contributed by atoms with van der Waals surface area (Å²) in [5, 5.41) is 0. The largest absolute Gasteiger partial charge is 0.394 e. The third-order valence-electron chi connectivity index (χ3n) is 2.11. The molecule has 108 valence electrons. The molecule has 19 heavy (non-hydrogen) atoms. The second-order valence-corrected chi connectivity index (χ2v) is 5.22. The van der Waals surface area contributed by atoms with Crippen LogP contribution in [0.25, 0.3) is 0 Å². The van der Waals surface area contributed by atoms with Gasteiger partial charge >= 0.3 is 17.9 Å². The fourth-order valence-electron chi connectivity index (χ4n) is 1.21. The number of hydrogen-bond donors (Lipinski definition) is 0. The number of carbonyl (C=O) groups excluding carboxylic acids is 2. The Morgan fingerprint density at radius 2 is 1.37 bits per heavy atom. The number of carbonyl (C=O) groups is 2. The van der Waals surface area contributed by atoms with Crippen molar-refractivity contribution in [1.82, 2.24) is 0 Å². The summed E-state index contributed by atoms with van der Waals surface area (Å²) in [5.74, 6) is -3.32. The lowest BCUT2D eigenvalue weighted by atomic mass is 9.92. The molecular formula is C14H22O5. The maximum atomic E-state index is 11.5. The molecule has 0 radical (unpaired) electrons. The molecule has 0 heterocycles. The van der Waals surface area contributed by atoms with E-state index in [1.165, 1.54) is 0 Å². The average molecular weight is 270 g/mol. The molecule has 0 rings (SSSR count). The van der Waals surface area contributed by atoms with Crippen LogP contribution >= 0.6 is 0 Å². The zero-order valence-corrected chi connectivity index (χ0v) is 12.2. The van der Waals surface area contributed by atoms with Crippen molar-refractivity contribution < 1.29 is 23.8 Å². The molecular weight excluding hydrogens is 248 g/mol. The quantitative estimate of drug-likeness (QED) is 0.422. The van der Waals surface area contributed by atoms with Crippen LogP contribution < -0.4 is 0 Å². The summed E-state index contributed by atoms with van der Waals surface area (Å²) >= 11 is 0. The summed E-state index contributed by atoms with van der Waals surface area (Å²) in [4.78, 5) is 23.0. The van der Waals surface area contributed by atoms with Crippen molar-refractivity contribution in [2.24, 2.45) is 5.41 Å². The normalized spacial score (nSPS) is 11.9. The van der Waals surface area contributed by atoms with Crippen LogP contribution in [-0.4, -0.2) is 24.0 Å². The van der Waals surface area contributed by atoms with Crippen molar-refractivity contribution in [3.8, 4) is 0 Å². The SMILES string of the molecule is C=CC(=O)OC(OC(=O)C=C)(OC(C)C)C(C)(C)C. The summed E-state index contributed by atoms with van der Waals surface area (Å²) in [7, 11) is 0. The molecule has 0 aliphatic heterocycles. The fraction of sp³-hybridized carbons (Fsp3) is 0.571. The molecule has 0 amide bonds. The number of esters is 2. The van der Waals surface area contributed by atoms with Gasteiger partial charge in [0, 0.05) is 12.2 Å². The van der Waals surface area contributed by atoms with Crippen molar-refractivity contribution in [2.75, 3.05) is 0 Å². The smallest absolute Gasteiger partial charge is 0.381 e. The van der Waals surface area contributed by atoms with E-state index in [1.54, 1.807) is 34.6 Å². The van der Waals surface area contributed by atoms with Crippen LogP contribution in [0.15, 0.2) is 25.3 Å². The molecule has 0 bridgehead atoms. The zero-order valence-electron chi connectivity index (χ0n) is 12.2. The Balaban J connectivity index is 5.56. The Hall–Kier alpha value is -1.62. The van der Waals surface area contributed by atoms with Crippen LogP contribution in [-0.2, 0) is 23.8 Å². The minimum Gasteiger partial charge on any atom is -0.394 e. The first kappa shape index (κ1) is 17.4. The van der Waals surface area contributed by atoms with Gasteiger partial charge in [-0.3, -0.25) is 0 Å². The topological polar surface area (TPSA) is 61.8 Å². The molecule has 0 aromatic carbocycles. The third kappa shape index (κ3) is 4.87. The van der Waals surface area contributed by atoms with Crippen LogP contribution in [0, 0.1) is 5.41 Å². The van der Waals surface area contributed by atoms with Gasteiger partial charge in [0.1, 0.15) is 0 Å². The number of ether oxygens (including phenoxy) is 3. The fourth-order valence-corrected chi connectivity index (χ4v) is 1.21. The predicted octanol–water partition coefficient (Wildman–Crippen LogP) is 2.57. The summed E-state index contributed by atoms with van der Waals surface area (Å²) in [6, 6.07) is 0. The van der Waals surface area contributed by atoms with Gasteiger partial charge in [-0.25, -0.2) is 9.59 Å². The standard InChI is InChI=1S/C14H22O5/c1-8-11(15)18-14(13(5,6)7,17-10(3)4)19-12(16)9-2/h8-10H,1-2H2,3-7H3. The maximum absolute atomic E-state index is 11.5. The Kier molecular flexibility index (Phi) is 5.96. The first-order chi connectivity index (χ1) is 8.58. The van der Waals surface area contributed by atoms with Crippen molar-refractivity contribution in [3.63, 3.8) is 0 Å². The highest BCUT2D eigenvalue weighted by molar-refractivity contribution is 5.83. The minimum absolute atomic E-state index is 0.325. The molecule has 0 aromatic heterocycles. The molecule has 0 fully saturated rings. The monoisotopic (exact) mass is 270 g/mol. The van der Waals surface area contributed by atoms with E-state index >= 15 is 0 Å². The summed E-state index contributed by atoms with van der Waals surface area (Å²) < 4.78 is 15.9. The van der Waals surface area contributed by atoms with Crippen molar-refractivity contribution in [1.29, 1.82) is 0 Å². The zero-order chi connectivity index (χ0) is 15.3. The van der Waals surface area contributed by atoms with E-state index in [4.69, 9.17) is 14.2 Å². The highest BCUT2D eigenvalue weighted by Gasteiger charge is 2.52. The lowest BCUT2D eigenvalue weighted by Gasteiger charge is -2.41. The van der Waals surface area contributed by atoms with Gasteiger partial charge in [0.25, 0.3) is 0 Å². The number of hydrogen-bond acceptors (Lipinski definition) is 5. The summed E-state index contributed by atoms with van der Waals surface area (Å²) in [5.41, 5.74) is -0.797. The Morgan fingerprint density at radius 3 is 1.58 bits per heavy atom. The Morgan fingerprint density at radius 1 is 1.00 bits per heavy atom. The molecule has 5 nitrogen and oxygen atoms in total. The Bertz CT molecular complexity index is 341. The van der Waals surface area contributed by atoms with Gasteiger partial charge in [0.15, 0.2) is 0 Å². The molecule has 0 aliphatic carbocycles. The van der Waals surface area contributed by atoms with E-state index in [9.17, 15) is 9.59 Å². The summed E-state index contributed by atoms with van der Waals surface area (Å²) in [6.07, 6.45) is 1.63. The summed E-state index contributed by atoms with van der Waals surface area (Å²) in [6.45, 7) is 15.3. The third-order valence-corrected chi connectivity index (χ3v) is 2.11. The molecule has 0 saturated heterocycles. The lowest BCUT2D eigenvalue weighted by Crippen LogP contribution is -2.53. The van der Waals surface area contributed by atoms with Crippen LogP contribution in [0.4, 0.5) is 0 Å². The van der Waals surface area contributed by atoms with Crippen molar-refractivity contribution >= 4 is 11.9 Å². The van der Waals surface area contributed by atoms with Gasteiger partial charge in [0.2, 0.25) is 0 Å². The molecule has 0 spiro atoms. The molecule has 0 aromatic rings. The molecule has 0 aliphatic rings.